The van der Waals surface area contributed by atoms with Crippen LogP contribution in [0.15, 0.2) is 42.7 Å². The van der Waals surface area contributed by atoms with Crippen LogP contribution in [0.25, 0.3) is 0 Å². The van der Waals surface area contributed by atoms with E-state index in [4.69, 9.17) is 5.73 Å². The summed E-state index contributed by atoms with van der Waals surface area (Å²) in [6.07, 6.45) is 7.60. The molecule has 2 N–H and O–H groups in total. The van der Waals surface area contributed by atoms with Gasteiger partial charge in [-0.1, -0.05) is 37.3 Å². The lowest BCUT2D eigenvalue weighted by atomic mass is 9.68. The molecule has 1 unspecified atom stereocenters. The SMILES string of the molecule is CCN1CC(c2ccccc2)CC2(CCN(Cc3cnc(N)nc3)CC2)C1. The van der Waals surface area contributed by atoms with Gasteiger partial charge in [-0.2, -0.15) is 0 Å². The van der Waals surface area contributed by atoms with Crippen molar-refractivity contribution in [2.45, 2.75) is 38.6 Å². The Kier molecular flexibility index (Phi) is 5.41. The van der Waals surface area contributed by atoms with Crippen molar-refractivity contribution < 1.29 is 0 Å². The predicted octanol–water partition coefficient (Wildman–Crippen LogP) is 3.15. The number of nitrogens with zero attached hydrogens (tertiary/aromatic N) is 4. The summed E-state index contributed by atoms with van der Waals surface area (Å²) in [6.45, 7) is 9.15. The van der Waals surface area contributed by atoms with Crippen molar-refractivity contribution in [3.8, 4) is 0 Å². The lowest BCUT2D eigenvalue weighted by Gasteiger charge is -2.50. The molecule has 2 aliphatic heterocycles. The van der Waals surface area contributed by atoms with Gasteiger partial charge in [0.15, 0.2) is 0 Å². The predicted molar refractivity (Wildman–Crippen MR) is 109 cm³/mol. The van der Waals surface area contributed by atoms with Crippen LogP contribution in [-0.4, -0.2) is 52.5 Å². The van der Waals surface area contributed by atoms with Crippen molar-refractivity contribution in [1.82, 2.24) is 19.8 Å². The fourth-order valence-electron chi connectivity index (χ4n) is 4.94. The average Bonchev–Trinajstić information content (AvgIpc) is 2.72. The molecule has 5 nitrogen and oxygen atoms in total. The van der Waals surface area contributed by atoms with Crippen LogP contribution in [0.4, 0.5) is 5.95 Å². The maximum absolute atomic E-state index is 5.60. The molecular weight excluding hydrogens is 334 g/mol. The Morgan fingerprint density at radius 2 is 1.78 bits per heavy atom. The minimum Gasteiger partial charge on any atom is -0.368 e. The molecule has 0 aliphatic carbocycles. The number of likely N-dealkylation sites (tertiary alicyclic amines) is 2. The van der Waals surface area contributed by atoms with Crippen LogP contribution in [-0.2, 0) is 6.54 Å². The van der Waals surface area contributed by atoms with E-state index in [0.717, 1.165) is 31.7 Å². The zero-order chi connectivity index (χ0) is 18.7. The van der Waals surface area contributed by atoms with E-state index in [1.165, 1.54) is 37.9 Å². The molecule has 1 atom stereocenters. The molecule has 1 aromatic carbocycles. The summed E-state index contributed by atoms with van der Waals surface area (Å²) < 4.78 is 0. The number of likely N-dealkylation sites (N-methyl/N-ethyl adjacent to an activating group) is 1. The number of nitrogen functional groups attached to an aromatic ring is 1. The second-order valence-electron chi connectivity index (χ2n) is 8.37. The third kappa shape index (κ3) is 4.30. The number of rotatable bonds is 4. The molecular formula is C22H31N5. The fourth-order valence-corrected chi connectivity index (χ4v) is 4.94. The molecule has 0 bridgehead atoms. The van der Waals surface area contributed by atoms with E-state index in [0.29, 0.717) is 17.3 Å². The molecule has 144 valence electrons. The second kappa shape index (κ2) is 7.95. The minimum atomic E-state index is 0.352. The number of aromatic nitrogens is 2. The summed E-state index contributed by atoms with van der Waals surface area (Å²) in [5.41, 5.74) is 8.73. The quantitative estimate of drug-likeness (QED) is 0.902. The average molecular weight is 366 g/mol. The van der Waals surface area contributed by atoms with Crippen molar-refractivity contribution in [2.24, 2.45) is 5.41 Å². The number of benzene rings is 1. The molecule has 0 saturated carbocycles. The Balaban J connectivity index is 1.41. The highest BCUT2D eigenvalue weighted by Gasteiger charge is 2.41. The first kappa shape index (κ1) is 18.4. The van der Waals surface area contributed by atoms with Crippen molar-refractivity contribution in [3.05, 3.63) is 53.9 Å². The Morgan fingerprint density at radius 3 is 2.44 bits per heavy atom. The molecule has 2 aliphatic rings. The third-order valence-electron chi connectivity index (χ3n) is 6.48. The summed E-state index contributed by atoms with van der Waals surface area (Å²) in [4.78, 5) is 13.5. The lowest BCUT2D eigenvalue weighted by molar-refractivity contribution is 0.0137. The summed E-state index contributed by atoms with van der Waals surface area (Å²) in [7, 11) is 0. The van der Waals surface area contributed by atoms with Crippen molar-refractivity contribution in [1.29, 1.82) is 0 Å². The zero-order valence-electron chi connectivity index (χ0n) is 16.3. The van der Waals surface area contributed by atoms with Gasteiger partial charge in [0, 0.05) is 37.6 Å². The van der Waals surface area contributed by atoms with Gasteiger partial charge in [-0.05, 0) is 55.8 Å². The van der Waals surface area contributed by atoms with E-state index in [-0.39, 0.29) is 0 Å². The Hall–Kier alpha value is -1.98. The highest BCUT2D eigenvalue weighted by molar-refractivity contribution is 5.22. The van der Waals surface area contributed by atoms with Crippen molar-refractivity contribution in [3.63, 3.8) is 0 Å². The van der Waals surface area contributed by atoms with Gasteiger partial charge >= 0.3 is 0 Å². The molecule has 27 heavy (non-hydrogen) atoms. The van der Waals surface area contributed by atoms with Gasteiger partial charge in [0.05, 0.1) is 0 Å². The summed E-state index contributed by atoms with van der Waals surface area (Å²) in [5.74, 6) is 1.02. The maximum Gasteiger partial charge on any atom is 0.219 e. The standard InChI is InChI=1S/C22H31N5/c1-2-26-16-20(19-6-4-3-5-7-19)12-22(17-26)8-10-27(11-9-22)15-18-13-24-21(23)25-14-18/h3-7,13-14,20H,2,8-12,15-17H2,1H3,(H2,23,24,25). The molecule has 0 amide bonds. The number of nitrogens with two attached hydrogens (primary N) is 1. The Labute approximate surface area is 162 Å². The van der Waals surface area contributed by atoms with Gasteiger partial charge in [-0.15, -0.1) is 0 Å². The highest BCUT2D eigenvalue weighted by atomic mass is 15.2. The molecule has 0 radical (unpaired) electrons. The van der Waals surface area contributed by atoms with Crippen LogP contribution in [0.3, 0.4) is 0 Å². The van der Waals surface area contributed by atoms with E-state index in [2.05, 4.69) is 57.0 Å². The third-order valence-corrected chi connectivity index (χ3v) is 6.48. The van der Waals surface area contributed by atoms with Gasteiger partial charge in [0.25, 0.3) is 0 Å². The van der Waals surface area contributed by atoms with Gasteiger partial charge < -0.3 is 10.6 Å². The monoisotopic (exact) mass is 365 g/mol. The first-order chi connectivity index (χ1) is 13.2. The molecule has 3 heterocycles. The highest BCUT2D eigenvalue weighted by Crippen LogP contribution is 2.45. The van der Waals surface area contributed by atoms with Crippen LogP contribution in [0.5, 0.6) is 0 Å². The number of piperidine rings is 2. The van der Waals surface area contributed by atoms with Crippen LogP contribution < -0.4 is 5.73 Å². The molecule has 2 saturated heterocycles. The molecule has 2 aromatic rings. The van der Waals surface area contributed by atoms with Crippen LogP contribution in [0, 0.1) is 5.41 Å². The fraction of sp³-hybridized carbons (Fsp3) is 0.545. The largest absolute Gasteiger partial charge is 0.368 e. The van der Waals surface area contributed by atoms with E-state index < -0.39 is 0 Å². The Morgan fingerprint density at radius 1 is 1.07 bits per heavy atom. The van der Waals surface area contributed by atoms with Crippen molar-refractivity contribution in [2.75, 3.05) is 38.5 Å². The summed E-state index contributed by atoms with van der Waals surface area (Å²) in [6, 6.07) is 11.1. The first-order valence-corrected chi connectivity index (χ1v) is 10.2. The summed E-state index contributed by atoms with van der Waals surface area (Å²) >= 11 is 0. The van der Waals surface area contributed by atoms with Crippen LogP contribution in [0.2, 0.25) is 0 Å². The number of anilines is 1. The smallest absolute Gasteiger partial charge is 0.219 e. The van der Waals surface area contributed by atoms with Crippen LogP contribution in [0.1, 0.15) is 43.2 Å². The van der Waals surface area contributed by atoms with Gasteiger partial charge in [0.2, 0.25) is 5.95 Å². The number of hydrogen-bond acceptors (Lipinski definition) is 5. The van der Waals surface area contributed by atoms with E-state index in [1.54, 1.807) is 0 Å². The topological polar surface area (TPSA) is 58.3 Å². The molecule has 4 rings (SSSR count). The summed E-state index contributed by atoms with van der Waals surface area (Å²) in [5, 5.41) is 0. The first-order valence-electron chi connectivity index (χ1n) is 10.2. The van der Waals surface area contributed by atoms with Gasteiger partial charge in [-0.25, -0.2) is 9.97 Å². The van der Waals surface area contributed by atoms with Crippen LogP contribution >= 0.6 is 0 Å². The molecule has 2 fully saturated rings. The zero-order valence-corrected chi connectivity index (χ0v) is 16.3. The maximum atomic E-state index is 5.60. The van der Waals surface area contributed by atoms with E-state index in [1.807, 2.05) is 12.4 Å². The van der Waals surface area contributed by atoms with E-state index in [9.17, 15) is 0 Å². The van der Waals surface area contributed by atoms with Crippen molar-refractivity contribution >= 4 is 5.95 Å². The normalized spacial score (nSPS) is 23.5. The number of hydrogen-bond donors (Lipinski definition) is 1. The molecule has 1 spiro atoms. The van der Waals surface area contributed by atoms with Gasteiger partial charge in [0.1, 0.15) is 0 Å². The second-order valence-corrected chi connectivity index (χ2v) is 8.37. The van der Waals surface area contributed by atoms with E-state index >= 15 is 0 Å². The molecule has 5 heteroatoms. The molecule has 1 aromatic heterocycles. The lowest BCUT2D eigenvalue weighted by Crippen LogP contribution is -2.51. The van der Waals surface area contributed by atoms with Gasteiger partial charge in [-0.3, -0.25) is 4.90 Å². The Bertz CT molecular complexity index is 722. The minimum absolute atomic E-state index is 0.352.